The number of amides is 1. The average molecular weight is 291 g/mol. The number of benzene rings is 1. The highest BCUT2D eigenvalue weighted by Crippen LogP contribution is 2.29. The predicted molar refractivity (Wildman–Crippen MR) is 83.0 cm³/mol. The minimum atomic E-state index is -0.0323. The van der Waals surface area contributed by atoms with Crippen LogP contribution in [-0.2, 0) is 0 Å². The normalized spacial score (nSPS) is 21.7. The summed E-state index contributed by atoms with van der Waals surface area (Å²) in [6.07, 6.45) is 4.73. The molecule has 0 radical (unpaired) electrons. The maximum absolute atomic E-state index is 12.4. The third kappa shape index (κ3) is 3.90. The van der Waals surface area contributed by atoms with Crippen LogP contribution in [0.4, 0.5) is 0 Å². The van der Waals surface area contributed by atoms with Gasteiger partial charge in [-0.3, -0.25) is 4.79 Å². The molecule has 4 heteroatoms. The number of nitrogens with one attached hydrogen (secondary N) is 1. The van der Waals surface area contributed by atoms with Gasteiger partial charge >= 0.3 is 0 Å². The van der Waals surface area contributed by atoms with Crippen LogP contribution >= 0.6 is 0 Å². The van der Waals surface area contributed by atoms with Gasteiger partial charge in [0.2, 0.25) is 0 Å². The first-order chi connectivity index (χ1) is 10.2. The Bertz CT molecular complexity index is 487. The maximum Gasteiger partial charge on any atom is 0.251 e. The zero-order valence-corrected chi connectivity index (χ0v) is 13.1. The molecule has 0 aliphatic heterocycles. The van der Waals surface area contributed by atoms with E-state index in [1.165, 1.54) is 19.3 Å². The summed E-state index contributed by atoms with van der Waals surface area (Å²) >= 11 is 0. The molecule has 1 saturated carbocycles. The van der Waals surface area contributed by atoms with Crippen LogP contribution in [0.2, 0.25) is 0 Å². The minimum absolute atomic E-state index is 0.0323. The fraction of sp³-hybridized carbons (Fsp3) is 0.588. The van der Waals surface area contributed by atoms with Crippen molar-refractivity contribution >= 4 is 5.91 Å². The maximum atomic E-state index is 12.4. The number of hydrogen-bond donors (Lipinski definition) is 1. The fourth-order valence-electron chi connectivity index (χ4n) is 2.87. The molecule has 116 valence electrons. The number of carbonyl (C=O) groups is 1. The third-order valence-electron chi connectivity index (χ3n) is 4.15. The molecule has 0 saturated heterocycles. The van der Waals surface area contributed by atoms with E-state index in [1.807, 2.05) is 6.92 Å². The molecule has 1 fully saturated rings. The highest BCUT2D eigenvalue weighted by molar-refractivity contribution is 5.95. The topological polar surface area (TPSA) is 47.6 Å². The second-order valence-electron chi connectivity index (χ2n) is 5.64. The summed E-state index contributed by atoms with van der Waals surface area (Å²) in [5.41, 5.74) is 0.619. The molecule has 4 nitrogen and oxygen atoms in total. The zero-order chi connectivity index (χ0) is 15.2. The van der Waals surface area contributed by atoms with Crippen molar-refractivity contribution < 1.29 is 14.3 Å². The monoisotopic (exact) mass is 291 g/mol. The van der Waals surface area contributed by atoms with Gasteiger partial charge in [-0.05, 0) is 43.9 Å². The fourth-order valence-corrected chi connectivity index (χ4v) is 2.87. The van der Waals surface area contributed by atoms with Gasteiger partial charge < -0.3 is 14.8 Å². The third-order valence-corrected chi connectivity index (χ3v) is 4.15. The van der Waals surface area contributed by atoms with E-state index < -0.39 is 0 Å². The van der Waals surface area contributed by atoms with Crippen LogP contribution in [0.5, 0.6) is 11.5 Å². The number of carbonyl (C=O) groups excluding carboxylic acids is 1. The van der Waals surface area contributed by atoms with Crippen molar-refractivity contribution in [2.24, 2.45) is 5.92 Å². The van der Waals surface area contributed by atoms with Crippen LogP contribution in [0.3, 0.4) is 0 Å². The first kappa shape index (κ1) is 15.7. The predicted octanol–water partition coefficient (Wildman–Crippen LogP) is 3.40. The van der Waals surface area contributed by atoms with Crippen molar-refractivity contribution in [2.45, 2.75) is 45.6 Å². The van der Waals surface area contributed by atoms with Gasteiger partial charge in [-0.25, -0.2) is 0 Å². The van der Waals surface area contributed by atoms with Gasteiger partial charge in [-0.15, -0.1) is 0 Å². The largest absolute Gasteiger partial charge is 0.493 e. The highest BCUT2D eigenvalue weighted by Gasteiger charge is 2.23. The molecule has 2 atom stereocenters. The van der Waals surface area contributed by atoms with Gasteiger partial charge in [-0.2, -0.15) is 0 Å². The Hall–Kier alpha value is -1.71. The second kappa shape index (κ2) is 7.34. The summed E-state index contributed by atoms with van der Waals surface area (Å²) in [6.45, 7) is 4.70. The SMILES string of the molecule is CCOc1ccc(C(=O)N[C@@H]2CCCC[C@H]2C)cc1OC. The van der Waals surface area contributed by atoms with Crippen LogP contribution in [0.25, 0.3) is 0 Å². The first-order valence-electron chi connectivity index (χ1n) is 7.77. The Morgan fingerprint density at radius 1 is 1.29 bits per heavy atom. The number of methoxy groups -OCH3 is 1. The molecule has 1 aromatic rings. The van der Waals surface area contributed by atoms with E-state index in [9.17, 15) is 4.79 Å². The summed E-state index contributed by atoms with van der Waals surface area (Å²) in [5, 5.41) is 3.15. The molecule has 1 aliphatic carbocycles. The van der Waals surface area contributed by atoms with Crippen molar-refractivity contribution in [3.8, 4) is 11.5 Å². The lowest BCUT2D eigenvalue weighted by Crippen LogP contribution is -2.41. The summed E-state index contributed by atoms with van der Waals surface area (Å²) in [6, 6.07) is 5.61. The lowest BCUT2D eigenvalue weighted by molar-refractivity contribution is 0.0910. The molecule has 0 bridgehead atoms. The van der Waals surface area contributed by atoms with E-state index in [-0.39, 0.29) is 11.9 Å². The standard InChI is InChI=1S/C17H25NO3/c1-4-21-15-10-9-13(11-16(15)20-3)17(19)18-14-8-6-5-7-12(14)2/h9-12,14H,4-8H2,1-3H3,(H,18,19)/t12-,14-/m1/s1. The Morgan fingerprint density at radius 3 is 2.71 bits per heavy atom. The van der Waals surface area contributed by atoms with E-state index in [2.05, 4.69) is 12.2 Å². The summed E-state index contributed by atoms with van der Waals surface area (Å²) in [4.78, 5) is 12.4. The Morgan fingerprint density at radius 2 is 2.05 bits per heavy atom. The van der Waals surface area contributed by atoms with E-state index in [1.54, 1.807) is 25.3 Å². The first-order valence-corrected chi connectivity index (χ1v) is 7.77. The smallest absolute Gasteiger partial charge is 0.251 e. The lowest BCUT2D eigenvalue weighted by Gasteiger charge is -2.29. The molecule has 0 unspecified atom stereocenters. The van der Waals surface area contributed by atoms with Gasteiger partial charge in [0.15, 0.2) is 11.5 Å². The molecule has 0 spiro atoms. The number of rotatable bonds is 5. The summed E-state index contributed by atoms with van der Waals surface area (Å²) in [5.74, 6) is 1.78. The van der Waals surface area contributed by atoms with Crippen LogP contribution < -0.4 is 14.8 Å². The quantitative estimate of drug-likeness (QED) is 0.904. The van der Waals surface area contributed by atoms with Gasteiger partial charge in [0.1, 0.15) is 0 Å². The molecule has 1 aromatic carbocycles. The Kier molecular flexibility index (Phi) is 5.48. The molecule has 0 aromatic heterocycles. The Labute approximate surface area is 126 Å². The van der Waals surface area contributed by atoms with E-state index >= 15 is 0 Å². The van der Waals surface area contributed by atoms with Crippen LogP contribution in [0.15, 0.2) is 18.2 Å². The number of ether oxygens (including phenoxy) is 2. The molecule has 1 amide bonds. The average Bonchev–Trinajstić information content (AvgIpc) is 2.50. The molecule has 21 heavy (non-hydrogen) atoms. The zero-order valence-electron chi connectivity index (χ0n) is 13.1. The second-order valence-corrected chi connectivity index (χ2v) is 5.64. The van der Waals surface area contributed by atoms with Crippen LogP contribution in [-0.4, -0.2) is 25.7 Å². The van der Waals surface area contributed by atoms with Gasteiger partial charge in [-0.1, -0.05) is 19.8 Å². The van der Waals surface area contributed by atoms with Crippen LogP contribution in [0.1, 0.15) is 49.9 Å². The lowest BCUT2D eigenvalue weighted by atomic mass is 9.86. The van der Waals surface area contributed by atoms with E-state index in [0.717, 1.165) is 6.42 Å². The Balaban J connectivity index is 2.08. The molecule has 1 aliphatic rings. The molecular formula is C17H25NO3. The summed E-state index contributed by atoms with van der Waals surface area (Å²) in [7, 11) is 1.59. The molecule has 1 N–H and O–H groups in total. The number of hydrogen-bond acceptors (Lipinski definition) is 3. The highest BCUT2D eigenvalue weighted by atomic mass is 16.5. The van der Waals surface area contributed by atoms with Gasteiger partial charge in [0.05, 0.1) is 13.7 Å². The van der Waals surface area contributed by atoms with E-state index in [0.29, 0.717) is 29.6 Å². The van der Waals surface area contributed by atoms with Crippen molar-refractivity contribution in [3.63, 3.8) is 0 Å². The van der Waals surface area contributed by atoms with Gasteiger partial charge in [0.25, 0.3) is 5.91 Å². The summed E-state index contributed by atoms with van der Waals surface area (Å²) < 4.78 is 10.8. The molecule has 0 heterocycles. The molecular weight excluding hydrogens is 266 g/mol. The molecule has 2 rings (SSSR count). The van der Waals surface area contributed by atoms with Gasteiger partial charge in [0, 0.05) is 11.6 Å². The van der Waals surface area contributed by atoms with Crippen molar-refractivity contribution in [1.82, 2.24) is 5.32 Å². The minimum Gasteiger partial charge on any atom is -0.493 e. The van der Waals surface area contributed by atoms with Crippen molar-refractivity contribution in [1.29, 1.82) is 0 Å². The van der Waals surface area contributed by atoms with Crippen LogP contribution in [0, 0.1) is 5.92 Å². The van der Waals surface area contributed by atoms with E-state index in [4.69, 9.17) is 9.47 Å². The van der Waals surface area contributed by atoms with Crippen molar-refractivity contribution in [2.75, 3.05) is 13.7 Å². The van der Waals surface area contributed by atoms with Crippen molar-refractivity contribution in [3.05, 3.63) is 23.8 Å².